The van der Waals surface area contributed by atoms with Crippen molar-refractivity contribution in [3.63, 3.8) is 0 Å². The van der Waals surface area contributed by atoms with Crippen molar-refractivity contribution in [1.29, 1.82) is 0 Å². The summed E-state index contributed by atoms with van der Waals surface area (Å²) in [6.45, 7) is 4.96. The van der Waals surface area contributed by atoms with Gasteiger partial charge in [0, 0.05) is 6.54 Å². The minimum atomic E-state index is -3.92. The number of esters is 1. The molecule has 0 heterocycles. The van der Waals surface area contributed by atoms with Crippen LogP contribution in [-0.2, 0) is 19.6 Å². The Morgan fingerprint density at radius 2 is 2.00 bits per heavy atom. The van der Waals surface area contributed by atoms with Gasteiger partial charge in [-0.15, -0.1) is 0 Å². The number of hydrogen-bond donors (Lipinski definition) is 0. The maximum absolute atomic E-state index is 13.6. The van der Waals surface area contributed by atoms with Crippen molar-refractivity contribution in [1.82, 2.24) is 4.31 Å². The molecule has 0 fully saturated rings. The smallest absolute Gasteiger partial charge is 0.321 e. The van der Waals surface area contributed by atoms with E-state index in [9.17, 15) is 17.6 Å². The van der Waals surface area contributed by atoms with E-state index in [0.717, 1.165) is 10.4 Å². The molecule has 0 N–H and O–H groups in total. The van der Waals surface area contributed by atoms with Crippen molar-refractivity contribution in [3.05, 3.63) is 29.6 Å². The Labute approximate surface area is 124 Å². The minimum Gasteiger partial charge on any atom is -0.465 e. The maximum atomic E-state index is 13.6. The molecule has 0 unspecified atom stereocenters. The molecular formula is C14H20FNO4S. The maximum Gasteiger partial charge on any atom is 0.321 e. The van der Waals surface area contributed by atoms with E-state index >= 15 is 0 Å². The molecular weight excluding hydrogens is 297 g/mol. The predicted molar refractivity (Wildman–Crippen MR) is 76.8 cm³/mol. The highest BCUT2D eigenvalue weighted by atomic mass is 32.2. The third kappa shape index (κ3) is 4.50. The molecule has 0 aliphatic carbocycles. The number of hydrogen-bond acceptors (Lipinski definition) is 4. The molecule has 1 aromatic rings. The monoisotopic (exact) mass is 317 g/mol. The Morgan fingerprint density at radius 1 is 1.33 bits per heavy atom. The van der Waals surface area contributed by atoms with Gasteiger partial charge in [-0.1, -0.05) is 13.0 Å². The van der Waals surface area contributed by atoms with E-state index in [4.69, 9.17) is 4.74 Å². The topological polar surface area (TPSA) is 63.7 Å². The molecule has 0 aromatic heterocycles. The van der Waals surface area contributed by atoms with Crippen LogP contribution < -0.4 is 0 Å². The number of halogens is 1. The molecule has 0 aliphatic rings. The summed E-state index contributed by atoms with van der Waals surface area (Å²) in [6.07, 6.45) is 0.535. The second kappa shape index (κ2) is 7.51. The van der Waals surface area contributed by atoms with Gasteiger partial charge in [0.05, 0.1) is 11.5 Å². The number of rotatable bonds is 7. The Hall–Kier alpha value is -1.47. The first-order chi connectivity index (χ1) is 9.82. The summed E-state index contributed by atoms with van der Waals surface area (Å²) in [5.41, 5.74) is 0.362. The zero-order valence-electron chi connectivity index (χ0n) is 12.4. The molecule has 0 saturated carbocycles. The number of ether oxygens (including phenoxy) is 1. The lowest BCUT2D eigenvalue weighted by Gasteiger charge is -2.20. The number of sulfonamides is 1. The Morgan fingerprint density at radius 3 is 2.52 bits per heavy atom. The first kappa shape index (κ1) is 17.6. The number of aryl methyl sites for hydroxylation is 1. The van der Waals surface area contributed by atoms with Crippen molar-refractivity contribution in [2.75, 3.05) is 19.7 Å². The number of benzene rings is 1. The predicted octanol–water partition coefficient (Wildman–Crippen LogP) is 2.10. The van der Waals surface area contributed by atoms with E-state index in [1.54, 1.807) is 20.8 Å². The molecule has 5 nitrogen and oxygen atoms in total. The second-order valence-corrected chi connectivity index (χ2v) is 6.49. The molecule has 0 amide bonds. The fraction of sp³-hybridized carbons (Fsp3) is 0.500. The lowest BCUT2D eigenvalue weighted by atomic mass is 10.2. The van der Waals surface area contributed by atoms with Crippen LogP contribution in [0.15, 0.2) is 23.1 Å². The van der Waals surface area contributed by atoms with E-state index in [2.05, 4.69) is 0 Å². The van der Waals surface area contributed by atoms with Crippen LogP contribution in [-0.4, -0.2) is 38.4 Å². The van der Waals surface area contributed by atoms with Crippen LogP contribution in [0.1, 0.15) is 25.8 Å². The van der Waals surface area contributed by atoms with Crippen LogP contribution in [0.5, 0.6) is 0 Å². The summed E-state index contributed by atoms with van der Waals surface area (Å²) >= 11 is 0. The first-order valence-corrected chi connectivity index (χ1v) is 8.18. The molecule has 7 heteroatoms. The summed E-state index contributed by atoms with van der Waals surface area (Å²) in [5, 5.41) is 0. The third-order valence-corrected chi connectivity index (χ3v) is 4.71. The van der Waals surface area contributed by atoms with Gasteiger partial charge in [0.15, 0.2) is 0 Å². The number of carbonyl (C=O) groups is 1. The van der Waals surface area contributed by atoms with Gasteiger partial charge >= 0.3 is 5.97 Å². The zero-order chi connectivity index (χ0) is 16.0. The highest BCUT2D eigenvalue weighted by molar-refractivity contribution is 7.89. The Bertz CT molecular complexity index is 601. The van der Waals surface area contributed by atoms with Crippen LogP contribution in [0.3, 0.4) is 0 Å². The molecule has 0 spiro atoms. The zero-order valence-corrected chi connectivity index (χ0v) is 13.2. The number of nitrogens with zero attached hydrogens (tertiary/aromatic N) is 1. The second-order valence-electron chi connectivity index (χ2n) is 4.55. The van der Waals surface area contributed by atoms with Crippen molar-refractivity contribution < 1.29 is 22.3 Å². The molecule has 1 aromatic carbocycles. The van der Waals surface area contributed by atoms with Crippen LogP contribution in [0.4, 0.5) is 4.39 Å². The first-order valence-electron chi connectivity index (χ1n) is 6.74. The summed E-state index contributed by atoms with van der Waals surface area (Å²) in [5.74, 6) is -1.22. The molecule has 0 bridgehead atoms. The SMILES string of the molecule is CCCN(CC(=O)OCC)S(=O)(=O)c1ccc(C)c(F)c1. The average molecular weight is 317 g/mol. The Kier molecular flexibility index (Phi) is 6.29. The fourth-order valence-electron chi connectivity index (χ4n) is 1.77. The van der Waals surface area contributed by atoms with E-state index in [-0.39, 0.29) is 24.6 Å². The number of carbonyl (C=O) groups excluding carboxylic acids is 1. The van der Waals surface area contributed by atoms with Crippen LogP contribution in [0, 0.1) is 12.7 Å². The van der Waals surface area contributed by atoms with Crippen molar-refractivity contribution in [2.45, 2.75) is 32.1 Å². The lowest BCUT2D eigenvalue weighted by Crippen LogP contribution is -2.37. The van der Waals surface area contributed by atoms with Gasteiger partial charge < -0.3 is 4.74 Å². The summed E-state index contributed by atoms with van der Waals surface area (Å²) in [7, 11) is -3.92. The van der Waals surface area contributed by atoms with Crippen LogP contribution in [0.25, 0.3) is 0 Å². The van der Waals surface area contributed by atoms with E-state index in [1.807, 2.05) is 0 Å². The molecule has 0 radical (unpaired) electrons. The molecule has 0 atom stereocenters. The van der Waals surface area contributed by atoms with E-state index < -0.39 is 21.8 Å². The minimum absolute atomic E-state index is 0.163. The van der Waals surface area contributed by atoms with Crippen molar-refractivity contribution in [3.8, 4) is 0 Å². The standard InChI is InChI=1S/C14H20FNO4S/c1-4-8-16(10-14(17)20-5-2)21(18,19)12-7-6-11(3)13(15)9-12/h6-7,9H,4-5,8,10H2,1-3H3. The quantitative estimate of drug-likeness (QED) is 0.723. The van der Waals surface area contributed by atoms with Gasteiger partial charge in [-0.3, -0.25) is 4.79 Å². The van der Waals surface area contributed by atoms with Crippen LogP contribution in [0.2, 0.25) is 0 Å². The fourth-order valence-corrected chi connectivity index (χ4v) is 3.26. The van der Waals surface area contributed by atoms with Gasteiger partial charge in [-0.05, 0) is 38.0 Å². The summed E-state index contributed by atoms with van der Waals surface area (Å²) in [6, 6.07) is 3.71. The van der Waals surface area contributed by atoms with Gasteiger partial charge in [-0.2, -0.15) is 4.31 Å². The van der Waals surface area contributed by atoms with Gasteiger partial charge in [0.1, 0.15) is 12.4 Å². The van der Waals surface area contributed by atoms with Gasteiger partial charge in [0.25, 0.3) is 0 Å². The third-order valence-electron chi connectivity index (χ3n) is 2.86. The molecule has 0 saturated heterocycles. The highest BCUT2D eigenvalue weighted by Crippen LogP contribution is 2.19. The molecule has 1 rings (SSSR count). The lowest BCUT2D eigenvalue weighted by molar-refractivity contribution is -0.143. The van der Waals surface area contributed by atoms with Crippen LogP contribution >= 0.6 is 0 Å². The van der Waals surface area contributed by atoms with E-state index in [0.29, 0.717) is 12.0 Å². The average Bonchev–Trinajstić information content (AvgIpc) is 2.41. The van der Waals surface area contributed by atoms with Crippen molar-refractivity contribution in [2.24, 2.45) is 0 Å². The largest absolute Gasteiger partial charge is 0.465 e. The Balaban J connectivity index is 3.09. The molecule has 0 aliphatic heterocycles. The van der Waals surface area contributed by atoms with E-state index in [1.165, 1.54) is 12.1 Å². The molecule has 21 heavy (non-hydrogen) atoms. The normalized spacial score (nSPS) is 11.7. The van der Waals surface area contributed by atoms with Gasteiger partial charge in [-0.25, -0.2) is 12.8 Å². The summed E-state index contributed by atoms with van der Waals surface area (Å²) < 4.78 is 44.3. The summed E-state index contributed by atoms with van der Waals surface area (Å²) in [4.78, 5) is 11.4. The highest BCUT2D eigenvalue weighted by Gasteiger charge is 2.27. The van der Waals surface area contributed by atoms with Gasteiger partial charge in [0.2, 0.25) is 10.0 Å². The molecule has 118 valence electrons. The van der Waals surface area contributed by atoms with Crippen molar-refractivity contribution >= 4 is 16.0 Å².